The first-order valence-electron chi connectivity index (χ1n) is 9.67. The highest BCUT2D eigenvalue weighted by Gasteiger charge is 2.23. The molecule has 0 spiro atoms. The quantitative estimate of drug-likeness (QED) is 0.372. The second-order valence-electron chi connectivity index (χ2n) is 6.77. The van der Waals surface area contributed by atoms with Crippen LogP contribution < -0.4 is 10.6 Å². The minimum absolute atomic E-state index is 0.0707. The Hall–Kier alpha value is -2.97. The number of amides is 1. The summed E-state index contributed by atoms with van der Waals surface area (Å²) in [5, 5.41) is 16.4. The number of carbonyl (C=O) groups is 1. The Balaban J connectivity index is 2.06. The van der Waals surface area contributed by atoms with Gasteiger partial charge in [0.25, 0.3) is 5.91 Å². The van der Waals surface area contributed by atoms with Crippen LogP contribution in [0.4, 0.5) is 11.5 Å². The second kappa shape index (κ2) is 10.2. The van der Waals surface area contributed by atoms with E-state index in [4.69, 9.17) is 0 Å². The Labute approximate surface area is 180 Å². The lowest BCUT2D eigenvalue weighted by Crippen LogP contribution is -2.26. The molecule has 0 fully saturated rings. The fourth-order valence-electron chi connectivity index (χ4n) is 2.83. The molecule has 156 valence electrons. The number of aliphatic hydroxyl groups is 1. The molecule has 0 bridgehead atoms. The first-order valence-corrected chi connectivity index (χ1v) is 10.9. The topological polar surface area (TPSA) is 100 Å². The van der Waals surface area contributed by atoms with Crippen molar-refractivity contribution in [3.8, 4) is 11.4 Å². The largest absolute Gasteiger partial charge is 0.394 e. The molecule has 0 saturated heterocycles. The molecule has 3 aromatic rings. The van der Waals surface area contributed by atoms with Crippen molar-refractivity contribution in [1.29, 1.82) is 0 Å². The summed E-state index contributed by atoms with van der Waals surface area (Å²) in [6.07, 6.45) is 5.89. The van der Waals surface area contributed by atoms with E-state index in [2.05, 4.69) is 25.6 Å². The van der Waals surface area contributed by atoms with Crippen LogP contribution in [-0.4, -0.2) is 44.9 Å². The van der Waals surface area contributed by atoms with Crippen molar-refractivity contribution in [1.82, 2.24) is 15.0 Å². The summed E-state index contributed by atoms with van der Waals surface area (Å²) in [5.74, 6) is 0.579. The summed E-state index contributed by atoms with van der Waals surface area (Å²) in [7, 11) is 0. The van der Waals surface area contributed by atoms with Gasteiger partial charge in [0.05, 0.1) is 12.6 Å². The third kappa shape index (κ3) is 5.14. The van der Waals surface area contributed by atoms with Crippen molar-refractivity contribution in [2.75, 3.05) is 23.5 Å². The zero-order valence-corrected chi connectivity index (χ0v) is 18.0. The van der Waals surface area contributed by atoms with Crippen LogP contribution in [0.25, 0.3) is 11.4 Å². The zero-order valence-electron chi connectivity index (χ0n) is 17.2. The summed E-state index contributed by atoms with van der Waals surface area (Å²) in [6, 6.07) is 11.0. The highest BCUT2D eigenvalue weighted by molar-refractivity contribution is 7.98. The van der Waals surface area contributed by atoms with Crippen LogP contribution in [0.3, 0.4) is 0 Å². The summed E-state index contributed by atoms with van der Waals surface area (Å²) in [6.45, 7) is 3.88. The molecular formula is C22H25N5O2S. The standard InChI is InChI=1S/C22H25N5O2S/c1-4-16(13-28)24-20-18(21(29)25-17-7-5-14(2)6-8-17)22(30-3)27-19(26-20)15-9-11-23-12-10-15/h5-12,16,28H,4,13H2,1-3H3,(H,25,29)(H,24,26,27). The molecule has 7 nitrogen and oxygen atoms in total. The van der Waals surface area contributed by atoms with Gasteiger partial charge in [-0.15, -0.1) is 11.8 Å². The van der Waals surface area contributed by atoms with Gasteiger partial charge in [-0.1, -0.05) is 24.6 Å². The van der Waals surface area contributed by atoms with E-state index in [-0.39, 0.29) is 18.6 Å². The molecule has 1 unspecified atom stereocenters. The number of aromatic nitrogens is 3. The van der Waals surface area contributed by atoms with Crippen LogP contribution in [0.1, 0.15) is 29.3 Å². The van der Waals surface area contributed by atoms with Gasteiger partial charge in [-0.05, 0) is 43.9 Å². The molecule has 2 aromatic heterocycles. The van der Waals surface area contributed by atoms with E-state index in [1.54, 1.807) is 12.4 Å². The average molecular weight is 424 g/mol. The van der Waals surface area contributed by atoms with E-state index < -0.39 is 0 Å². The smallest absolute Gasteiger partial charge is 0.262 e. The number of aliphatic hydroxyl groups excluding tert-OH is 1. The number of pyridine rings is 1. The minimum atomic E-state index is -0.306. The van der Waals surface area contributed by atoms with E-state index in [1.807, 2.05) is 56.5 Å². The van der Waals surface area contributed by atoms with Gasteiger partial charge in [0.1, 0.15) is 16.4 Å². The molecular weight excluding hydrogens is 398 g/mol. The van der Waals surface area contributed by atoms with Crippen LogP contribution in [0.2, 0.25) is 0 Å². The van der Waals surface area contributed by atoms with E-state index in [0.29, 0.717) is 34.3 Å². The number of nitrogens with one attached hydrogen (secondary N) is 2. The van der Waals surface area contributed by atoms with E-state index in [0.717, 1.165) is 11.1 Å². The van der Waals surface area contributed by atoms with Crippen molar-refractivity contribution in [2.24, 2.45) is 0 Å². The number of carbonyl (C=O) groups excluding carboxylic acids is 1. The molecule has 0 aliphatic carbocycles. The Bertz CT molecular complexity index is 992. The van der Waals surface area contributed by atoms with Crippen LogP contribution in [0.15, 0.2) is 53.8 Å². The van der Waals surface area contributed by atoms with Crippen molar-refractivity contribution < 1.29 is 9.90 Å². The monoisotopic (exact) mass is 423 g/mol. The van der Waals surface area contributed by atoms with Crippen LogP contribution in [0.5, 0.6) is 0 Å². The summed E-state index contributed by atoms with van der Waals surface area (Å²) in [5.41, 5.74) is 2.95. The summed E-state index contributed by atoms with van der Waals surface area (Å²) in [4.78, 5) is 26.5. The van der Waals surface area contributed by atoms with Crippen molar-refractivity contribution in [2.45, 2.75) is 31.3 Å². The normalized spacial score (nSPS) is 11.7. The third-order valence-electron chi connectivity index (χ3n) is 4.60. The fraction of sp³-hybridized carbons (Fsp3) is 0.273. The molecule has 1 atom stereocenters. The Morgan fingerprint density at radius 2 is 1.83 bits per heavy atom. The van der Waals surface area contributed by atoms with Crippen LogP contribution >= 0.6 is 11.8 Å². The molecule has 0 saturated carbocycles. The Morgan fingerprint density at radius 1 is 1.13 bits per heavy atom. The third-order valence-corrected chi connectivity index (χ3v) is 5.28. The number of hydrogen-bond donors (Lipinski definition) is 3. The Morgan fingerprint density at radius 3 is 2.43 bits per heavy atom. The molecule has 8 heteroatoms. The molecule has 30 heavy (non-hydrogen) atoms. The first-order chi connectivity index (χ1) is 14.5. The molecule has 3 N–H and O–H groups in total. The molecule has 3 rings (SSSR count). The molecule has 1 aromatic carbocycles. The fourth-order valence-corrected chi connectivity index (χ4v) is 3.40. The predicted molar refractivity (Wildman–Crippen MR) is 121 cm³/mol. The van der Waals surface area contributed by atoms with Crippen molar-refractivity contribution in [3.05, 3.63) is 59.9 Å². The van der Waals surface area contributed by atoms with Gasteiger partial charge < -0.3 is 15.7 Å². The number of aryl methyl sites for hydroxylation is 1. The maximum absolute atomic E-state index is 13.2. The van der Waals surface area contributed by atoms with E-state index in [1.165, 1.54) is 11.8 Å². The van der Waals surface area contributed by atoms with Gasteiger partial charge in [-0.25, -0.2) is 9.97 Å². The second-order valence-corrected chi connectivity index (χ2v) is 7.56. The van der Waals surface area contributed by atoms with Gasteiger partial charge in [-0.2, -0.15) is 0 Å². The number of anilines is 2. The van der Waals surface area contributed by atoms with Crippen molar-refractivity contribution in [3.63, 3.8) is 0 Å². The lowest BCUT2D eigenvalue weighted by atomic mass is 10.2. The average Bonchev–Trinajstić information content (AvgIpc) is 2.78. The molecule has 1 amide bonds. The maximum Gasteiger partial charge on any atom is 0.262 e. The predicted octanol–water partition coefficient (Wildman–Crippen LogP) is 4.00. The maximum atomic E-state index is 13.2. The van der Waals surface area contributed by atoms with E-state index >= 15 is 0 Å². The SMILES string of the molecule is CCC(CO)Nc1nc(-c2ccncc2)nc(SC)c1C(=O)Nc1ccc(C)cc1. The zero-order chi connectivity index (χ0) is 21.5. The van der Waals surface area contributed by atoms with E-state index in [9.17, 15) is 9.90 Å². The molecule has 0 radical (unpaired) electrons. The lowest BCUT2D eigenvalue weighted by molar-refractivity contribution is 0.102. The number of thioether (sulfide) groups is 1. The number of hydrogen-bond acceptors (Lipinski definition) is 7. The van der Waals surface area contributed by atoms with Gasteiger partial charge in [0.2, 0.25) is 0 Å². The lowest BCUT2D eigenvalue weighted by Gasteiger charge is -2.20. The molecule has 0 aliphatic heterocycles. The number of benzene rings is 1. The molecule has 2 heterocycles. The number of rotatable bonds is 8. The Kier molecular flexibility index (Phi) is 7.37. The van der Waals surface area contributed by atoms with Gasteiger partial charge in [0, 0.05) is 23.6 Å². The van der Waals surface area contributed by atoms with Crippen LogP contribution in [-0.2, 0) is 0 Å². The molecule has 0 aliphatic rings. The van der Waals surface area contributed by atoms with Gasteiger partial charge in [0.15, 0.2) is 5.82 Å². The highest BCUT2D eigenvalue weighted by atomic mass is 32.2. The number of nitrogens with zero attached hydrogens (tertiary/aromatic N) is 3. The van der Waals surface area contributed by atoms with Gasteiger partial charge in [-0.3, -0.25) is 9.78 Å². The van der Waals surface area contributed by atoms with Crippen molar-refractivity contribution >= 4 is 29.2 Å². The highest BCUT2D eigenvalue weighted by Crippen LogP contribution is 2.29. The van der Waals surface area contributed by atoms with Crippen LogP contribution in [0, 0.1) is 6.92 Å². The first kappa shape index (κ1) is 21.7. The summed E-state index contributed by atoms with van der Waals surface area (Å²) >= 11 is 1.37. The van der Waals surface area contributed by atoms with Gasteiger partial charge >= 0.3 is 0 Å². The summed E-state index contributed by atoms with van der Waals surface area (Å²) < 4.78 is 0. The minimum Gasteiger partial charge on any atom is -0.394 e.